The summed E-state index contributed by atoms with van der Waals surface area (Å²) in [5.74, 6) is 0.224. The van der Waals surface area contributed by atoms with Crippen LogP contribution in [0.4, 0.5) is 0 Å². The van der Waals surface area contributed by atoms with Crippen LogP contribution in [0, 0.1) is 13.8 Å². The van der Waals surface area contributed by atoms with Crippen molar-refractivity contribution < 1.29 is 9.13 Å². The minimum absolute atomic E-state index is 0.189. The van der Waals surface area contributed by atoms with E-state index in [1.165, 1.54) is 118 Å². The van der Waals surface area contributed by atoms with Crippen molar-refractivity contribution in [2.45, 2.75) is 97.1 Å². The molecule has 0 saturated heterocycles. The van der Waals surface area contributed by atoms with Gasteiger partial charge < -0.3 is 0 Å². The summed E-state index contributed by atoms with van der Waals surface area (Å²) < 4.78 is 5.33. The van der Waals surface area contributed by atoms with E-state index in [4.69, 9.17) is 0 Å². The predicted molar refractivity (Wildman–Crippen MR) is 280 cm³/mol. The van der Waals surface area contributed by atoms with E-state index in [0.29, 0.717) is 0 Å². The van der Waals surface area contributed by atoms with Gasteiger partial charge >= 0.3 is 0 Å². The molecule has 2 aromatic heterocycles. The third-order valence-electron chi connectivity index (χ3n) is 16.0. The molecule has 7 aromatic carbocycles. The Morgan fingerprint density at radius 2 is 1.19 bits per heavy atom. The van der Waals surface area contributed by atoms with Crippen LogP contribution < -0.4 is 9.13 Å². The highest BCUT2D eigenvalue weighted by Gasteiger charge is 2.65. The molecular formula is C65H62N2+2. The summed E-state index contributed by atoms with van der Waals surface area (Å²) >= 11 is 0. The largest absolute Gasteiger partial charge is 0.220 e. The van der Waals surface area contributed by atoms with Crippen LogP contribution in [0.1, 0.15) is 87.1 Å². The lowest BCUT2D eigenvalue weighted by atomic mass is 9.53. The first-order chi connectivity index (χ1) is 32.7. The normalized spacial score (nSPS) is 18.2. The second-order valence-corrected chi connectivity index (χ2v) is 19.8. The maximum absolute atomic E-state index is 2.76. The van der Waals surface area contributed by atoms with Gasteiger partial charge in [-0.25, -0.2) is 0 Å². The van der Waals surface area contributed by atoms with Gasteiger partial charge in [0.15, 0.2) is 24.5 Å². The number of hydrogen-bond donors (Lipinski definition) is 0. The zero-order chi connectivity index (χ0) is 45.9. The van der Waals surface area contributed by atoms with Gasteiger partial charge in [0, 0.05) is 24.1 Å². The quantitative estimate of drug-likeness (QED) is 0.121. The molecule has 0 bridgehead atoms. The average molecular weight is 871 g/mol. The Kier molecular flexibility index (Phi) is 10.9. The van der Waals surface area contributed by atoms with Crippen LogP contribution in [-0.2, 0) is 23.9 Å². The molecule has 0 aliphatic carbocycles. The van der Waals surface area contributed by atoms with Crippen LogP contribution in [0.15, 0.2) is 188 Å². The number of nitrogens with zero attached hydrogens (tertiary/aromatic N) is 2. The van der Waals surface area contributed by atoms with E-state index in [0.717, 1.165) is 25.8 Å². The molecule has 2 aliphatic heterocycles. The first-order valence-corrected chi connectivity index (χ1v) is 24.8. The fraction of sp³-hybridized carbons (Fsp3) is 0.231. The Bertz CT molecular complexity index is 3340. The molecule has 67 heavy (non-hydrogen) atoms. The summed E-state index contributed by atoms with van der Waals surface area (Å²) in [4.78, 5) is 0. The number of benzene rings is 7. The predicted octanol–water partition coefficient (Wildman–Crippen LogP) is 16.0. The van der Waals surface area contributed by atoms with Crippen LogP contribution in [0.2, 0.25) is 0 Å². The van der Waals surface area contributed by atoms with E-state index in [1.54, 1.807) is 0 Å². The Morgan fingerprint density at radius 3 is 1.96 bits per heavy atom. The Labute approximate surface area is 398 Å². The molecule has 3 atom stereocenters. The van der Waals surface area contributed by atoms with Gasteiger partial charge in [0.1, 0.15) is 5.92 Å². The molecule has 0 radical (unpaired) electrons. The molecule has 11 rings (SSSR count). The van der Waals surface area contributed by atoms with E-state index in [9.17, 15) is 0 Å². The van der Waals surface area contributed by atoms with Crippen LogP contribution in [-0.4, -0.2) is 0 Å². The average Bonchev–Trinajstić information content (AvgIpc) is 3.38. The highest BCUT2D eigenvalue weighted by atomic mass is 15.1. The van der Waals surface area contributed by atoms with Crippen LogP contribution in [0.25, 0.3) is 77.8 Å². The zero-order valence-electron chi connectivity index (χ0n) is 40.1. The SMILES string of the molecule is CCCCc1cccc(-c2cc(-c3ccccc3)cc(-c3cccc(-c4ccc5c(c4)-c4ccc(C)c[n+]4C(CC)(C4C[n+]6ccc7ccccc7c6-c6ccc(C)cc64)C5(C)CC)c3)c2)c1. The molecule has 0 N–H and O–H groups in total. The molecule has 2 nitrogen and oxygen atoms in total. The lowest BCUT2D eigenvalue weighted by Crippen LogP contribution is -2.73. The monoisotopic (exact) mass is 870 g/mol. The van der Waals surface area contributed by atoms with Crippen LogP contribution in [0.5, 0.6) is 0 Å². The van der Waals surface area contributed by atoms with Crippen molar-refractivity contribution in [2.75, 3.05) is 0 Å². The van der Waals surface area contributed by atoms with Gasteiger partial charge in [0.25, 0.3) is 0 Å². The van der Waals surface area contributed by atoms with Crippen LogP contribution >= 0.6 is 0 Å². The van der Waals surface area contributed by atoms with E-state index in [-0.39, 0.29) is 16.9 Å². The van der Waals surface area contributed by atoms with Gasteiger partial charge in [-0.3, -0.25) is 0 Å². The number of unbranched alkanes of at least 4 members (excludes halogenated alkanes) is 1. The lowest BCUT2D eigenvalue weighted by molar-refractivity contribution is -0.787. The molecule has 0 amide bonds. The van der Waals surface area contributed by atoms with E-state index < -0.39 is 0 Å². The zero-order valence-corrected chi connectivity index (χ0v) is 40.1. The molecule has 0 spiro atoms. The second kappa shape index (κ2) is 17.1. The molecule has 330 valence electrons. The number of aryl methyl sites for hydroxylation is 3. The van der Waals surface area contributed by atoms with Crippen molar-refractivity contribution in [1.29, 1.82) is 0 Å². The molecule has 9 aromatic rings. The summed E-state index contributed by atoms with van der Waals surface area (Å²) in [7, 11) is 0. The van der Waals surface area contributed by atoms with E-state index >= 15 is 0 Å². The van der Waals surface area contributed by atoms with Gasteiger partial charge in [0.2, 0.25) is 11.4 Å². The number of hydrogen-bond acceptors (Lipinski definition) is 0. The summed E-state index contributed by atoms with van der Waals surface area (Å²) in [5.41, 5.74) is 21.8. The fourth-order valence-corrected chi connectivity index (χ4v) is 12.5. The minimum atomic E-state index is -0.257. The van der Waals surface area contributed by atoms with E-state index in [2.05, 4.69) is 239 Å². The molecule has 0 saturated carbocycles. The van der Waals surface area contributed by atoms with Gasteiger partial charge in [-0.05, 0) is 155 Å². The highest BCUT2D eigenvalue weighted by molar-refractivity contribution is 5.94. The standard InChI is InChI=1S/C65H62N2/c1-7-10-18-46-19-16-23-49(36-46)54-38-53(47-20-12-11-13-21-47)39-55(40-54)51-25-17-24-50(37-51)52-29-31-60-59(41-52)62-32-28-45(5)42-67(62)65(9-3,64(60,6)8-2)61-43-66-34-33-48-22-14-15-26-56(48)63(66)57-30-27-44(4)35-58(57)61/h11-17,19-42,61H,7-10,18,43H2,1-6H3/q+2. The maximum Gasteiger partial charge on any atom is 0.220 e. The molecule has 2 aliphatic rings. The van der Waals surface area contributed by atoms with Crippen molar-refractivity contribution in [2.24, 2.45) is 0 Å². The van der Waals surface area contributed by atoms with Crippen molar-refractivity contribution in [3.8, 4) is 67.0 Å². The lowest BCUT2D eigenvalue weighted by Gasteiger charge is -2.51. The second-order valence-electron chi connectivity index (χ2n) is 19.8. The van der Waals surface area contributed by atoms with Gasteiger partial charge in [-0.2, -0.15) is 9.13 Å². The molecule has 3 unspecified atom stereocenters. The van der Waals surface area contributed by atoms with Crippen molar-refractivity contribution in [3.05, 3.63) is 216 Å². The highest BCUT2D eigenvalue weighted by Crippen LogP contribution is 2.58. The Hall–Kier alpha value is -6.90. The fourth-order valence-electron chi connectivity index (χ4n) is 12.5. The van der Waals surface area contributed by atoms with Crippen molar-refractivity contribution in [3.63, 3.8) is 0 Å². The Balaban J connectivity index is 1.04. The molecule has 2 heteroatoms. The van der Waals surface area contributed by atoms with Gasteiger partial charge in [-0.1, -0.05) is 148 Å². The first kappa shape index (κ1) is 42.7. The summed E-state index contributed by atoms with van der Waals surface area (Å²) in [5, 5.41) is 2.61. The van der Waals surface area contributed by atoms with Crippen molar-refractivity contribution >= 4 is 10.8 Å². The molecular weight excluding hydrogens is 809 g/mol. The number of aromatic nitrogens is 2. The summed E-state index contributed by atoms with van der Waals surface area (Å²) in [6.45, 7) is 15.2. The van der Waals surface area contributed by atoms with Gasteiger partial charge in [0.05, 0.1) is 21.9 Å². The van der Waals surface area contributed by atoms with E-state index in [1.807, 2.05) is 0 Å². The number of fused-ring (bicyclic) bond motifs is 8. The third kappa shape index (κ3) is 7.07. The molecule has 0 fully saturated rings. The minimum Gasteiger partial charge on any atom is -0.197 e. The smallest absolute Gasteiger partial charge is 0.197 e. The van der Waals surface area contributed by atoms with Gasteiger partial charge in [-0.15, -0.1) is 0 Å². The number of rotatable bonds is 10. The van der Waals surface area contributed by atoms with Crippen LogP contribution in [0.3, 0.4) is 0 Å². The van der Waals surface area contributed by atoms with Crippen molar-refractivity contribution in [1.82, 2.24) is 0 Å². The first-order valence-electron chi connectivity index (χ1n) is 24.8. The third-order valence-corrected chi connectivity index (χ3v) is 16.0. The number of pyridine rings is 2. The summed E-state index contributed by atoms with van der Waals surface area (Å²) in [6, 6.07) is 67.0. The molecule has 4 heterocycles. The topological polar surface area (TPSA) is 7.76 Å². The maximum atomic E-state index is 2.76. The Morgan fingerprint density at radius 1 is 0.537 bits per heavy atom. The summed E-state index contributed by atoms with van der Waals surface area (Å²) in [6.07, 6.45) is 10.4.